The first-order valence-electron chi connectivity index (χ1n) is 7.03. The van der Waals surface area contributed by atoms with E-state index in [2.05, 4.69) is 20.1 Å². The van der Waals surface area contributed by atoms with E-state index < -0.39 is 0 Å². The maximum atomic E-state index is 12.5. The van der Waals surface area contributed by atoms with E-state index in [9.17, 15) is 9.59 Å². The van der Waals surface area contributed by atoms with Crippen LogP contribution >= 0.6 is 0 Å². The van der Waals surface area contributed by atoms with Gasteiger partial charge in [-0.1, -0.05) is 6.92 Å². The number of nitrogen functional groups attached to an aromatic ring is 1. The van der Waals surface area contributed by atoms with Gasteiger partial charge in [0.2, 0.25) is 11.9 Å². The van der Waals surface area contributed by atoms with Crippen LogP contribution in [0.3, 0.4) is 0 Å². The van der Waals surface area contributed by atoms with E-state index in [1.54, 1.807) is 15.9 Å². The number of nitrogens with two attached hydrogens (primary N) is 1. The highest BCUT2D eigenvalue weighted by Crippen LogP contribution is 2.17. The number of H-pyrrole nitrogens is 1. The molecular weight excluding hydrogens is 286 g/mol. The zero-order valence-corrected chi connectivity index (χ0v) is 12.2. The van der Waals surface area contributed by atoms with Crippen LogP contribution in [0.4, 0.5) is 5.95 Å². The molecule has 2 aromatic rings. The van der Waals surface area contributed by atoms with E-state index in [0.29, 0.717) is 37.3 Å². The fourth-order valence-corrected chi connectivity index (χ4v) is 2.64. The Bertz CT molecular complexity index is 737. The summed E-state index contributed by atoms with van der Waals surface area (Å²) in [5.74, 6) is -0.155. The number of rotatable bonds is 3. The molecule has 3 N–H and O–H groups in total. The standard InChI is InChI=1S/C13H17N7O2/c1-8(4-20-7-15-6-16-20)12(22)19-3-2-9-10(5-19)17-13(14)18-11(9)21/h6-8H,2-5H2,1H3,(H3,14,17,18,21)/t8-/m0/s1. The quantitative estimate of drug-likeness (QED) is 0.762. The molecule has 3 rings (SSSR count). The molecule has 1 aliphatic heterocycles. The Labute approximate surface area is 126 Å². The van der Waals surface area contributed by atoms with Gasteiger partial charge in [-0.15, -0.1) is 0 Å². The molecule has 22 heavy (non-hydrogen) atoms. The van der Waals surface area contributed by atoms with Gasteiger partial charge < -0.3 is 10.6 Å². The van der Waals surface area contributed by atoms with Crippen molar-refractivity contribution in [1.82, 2.24) is 29.6 Å². The third-order valence-electron chi connectivity index (χ3n) is 3.75. The summed E-state index contributed by atoms with van der Waals surface area (Å²) in [4.78, 5) is 36.5. The van der Waals surface area contributed by atoms with E-state index in [4.69, 9.17) is 5.73 Å². The largest absolute Gasteiger partial charge is 0.369 e. The van der Waals surface area contributed by atoms with Gasteiger partial charge in [0.25, 0.3) is 5.56 Å². The number of amides is 1. The van der Waals surface area contributed by atoms with Crippen LogP contribution in [0.5, 0.6) is 0 Å². The fourth-order valence-electron chi connectivity index (χ4n) is 2.64. The summed E-state index contributed by atoms with van der Waals surface area (Å²) in [6.45, 7) is 3.12. The number of hydrogen-bond donors (Lipinski definition) is 2. The highest BCUT2D eigenvalue weighted by molar-refractivity contribution is 5.78. The molecule has 1 amide bonds. The third-order valence-corrected chi connectivity index (χ3v) is 3.75. The number of aromatic nitrogens is 5. The molecule has 2 aromatic heterocycles. The van der Waals surface area contributed by atoms with Crippen LogP contribution in [0.25, 0.3) is 0 Å². The van der Waals surface area contributed by atoms with Crippen molar-refractivity contribution >= 4 is 11.9 Å². The lowest BCUT2D eigenvalue weighted by Crippen LogP contribution is -2.42. The molecule has 9 nitrogen and oxygen atoms in total. The van der Waals surface area contributed by atoms with Gasteiger partial charge in [-0.05, 0) is 6.42 Å². The predicted molar refractivity (Wildman–Crippen MR) is 77.6 cm³/mol. The van der Waals surface area contributed by atoms with Crippen LogP contribution in [-0.2, 0) is 24.3 Å². The highest BCUT2D eigenvalue weighted by Gasteiger charge is 2.27. The second-order valence-electron chi connectivity index (χ2n) is 5.40. The minimum absolute atomic E-state index is 0.00167. The Morgan fingerprint density at radius 2 is 2.36 bits per heavy atom. The Hall–Kier alpha value is -2.71. The number of hydrogen-bond acceptors (Lipinski definition) is 6. The number of fused-ring (bicyclic) bond motifs is 1. The summed E-state index contributed by atoms with van der Waals surface area (Å²) in [7, 11) is 0. The van der Waals surface area contributed by atoms with Crippen molar-refractivity contribution in [3.63, 3.8) is 0 Å². The molecule has 0 radical (unpaired) electrons. The lowest BCUT2D eigenvalue weighted by atomic mass is 10.0. The molecule has 0 spiro atoms. The van der Waals surface area contributed by atoms with Gasteiger partial charge in [0.15, 0.2) is 0 Å². The molecule has 116 valence electrons. The number of carbonyl (C=O) groups is 1. The molecule has 3 heterocycles. The normalized spacial score (nSPS) is 15.4. The van der Waals surface area contributed by atoms with Crippen LogP contribution in [0, 0.1) is 5.92 Å². The number of carbonyl (C=O) groups excluding carboxylic acids is 1. The Morgan fingerprint density at radius 1 is 1.55 bits per heavy atom. The van der Waals surface area contributed by atoms with E-state index in [1.807, 2.05) is 6.92 Å². The summed E-state index contributed by atoms with van der Waals surface area (Å²) in [5, 5.41) is 4.00. The van der Waals surface area contributed by atoms with Gasteiger partial charge in [-0.2, -0.15) is 5.10 Å². The van der Waals surface area contributed by atoms with Gasteiger partial charge in [0, 0.05) is 12.1 Å². The second-order valence-corrected chi connectivity index (χ2v) is 5.40. The smallest absolute Gasteiger partial charge is 0.255 e. The molecular formula is C13H17N7O2. The second kappa shape index (κ2) is 5.58. The lowest BCUT2D eigenvalue weighted by Gasteiger charge is -2.29. The van der Waals surface area contributed by atoms with Crippen LogP contribution in [-0.4, -0.2) is 42.1 Å². The molecule has 1 aliphatic rings. The van der Waals surface area contributed by atoms with Crippen molar-refractivity contribution in [3.8, 4) is 0 Å². The first-order valence-corrected chi connectivity index (χ1v) is 7.03. The van der Waals surface area contributed by atoms with Gasteiger partial charge in [0.1, 0.15) is 12.7 Å². The van der Waals surface area contributed by atoms with E-state index in [0.717, 1.165) is 0 Å². The molecule has 9 heteroatoms. The molecule has 0 bridgehead atoms. The average Bonchev–Trinajstić information content (AvgIpc) is 2.98. The van der Waals surface area contributed by atoms with Crippen molar-refractivity contribution in [2.45, 2.75) is 26.4 Å². The molecule has 0 unspecified atom stereocenters. The lowest BCUT2D eigenvalue weighted by molar-refractivity contribution is -0.136. The van der Waals surface area contributed by atoms with Crippen LogP contribution in [0.2, 0.25) is 0 Å². The number of aromatic amines is 1. The van der Waals surface area contributed by atoms with E-state index in [1.165, 1.54) is 6.33 Å². The molecule has 0 saturated heterocycles. The zero-order valence-electron chi connectivity index (χ0n) is 12.2. The first-order chi connectivity index (χ1) is 10.5. The Kier molecular flexibility index (Phi) is 3.61. The fraction of sp³-hybridized carbons (Fsp3) is 0.462. The van der Waals surface area contributed by atoms with Gasteiger partial charge in [-0.3, -0.25) is 19.3 Å². The highest BCUT2D eigenvalue weighted by atomic mass is 16.2. The maximum absolute atomic E-state index is 12.5. The van der Waals surface area contributed by atoms with Gasteiger partial charge in [0.05, 0.1) is 24.7 Å². The average molecular weight is 303 g/mol. The summed E-state index contributed by atoms with van der Waals surface area (Å²) in [5.41, 5.74) is 6.54. The van der Waals surface area contributed by atoms with Crippen LogP contribution in [0.1, 0.15) is 18.2 Å². The molecule has 0 saturated carbocycles. The molecule has 0 aromatic carbocycles. The summed E-state index contributed by atoms with van der Waals surface area (Å²) >= 11 is 0. The molecule has 0 fully saturated rings. The van der Waals surface area contributed by atoms with Crippen molar-refractivity contribution in [1.29, 1.82) is 0 Å². The van der Waals surface area contributed by atoms with Crippen molar-refractivity contribution in [2.75, 3.05) is 12.3 Å². The predicted octanol–water partition coefficient (Wildman–Crippen LogP) is -0.835. The minimum Gasteiger partial charge on any atom is -0.369 e. The summed E-state index contributed by atoms with van der Waals surface area (Å²) in [6.07, 6.45) is 3.50. The van der Waals surface area contributed by atoms with E-state index in [-0.39, 0.29) is 23.3 Å². The van der Waals surface area contributed by atoms with Crippen molar-refractivity contribution in [3.05, 3.63) is 34.3 Å². The third kappa shape index (κ3) is 2.69. The number of nitrogens with zero attached hydrogens (tertiary/aromatic N) is 5. The molecule has 0 aliphatic carbocycles. The summed E-state index contributed by atoms with van der Waals surface area (Å²) < 4.78 is 1.63. The van der Waals surface area contributed by atoms with Gasteiger partial charge >= 0.3 is 0 Å². The van der Waals surface area contributed by atoms with Crippen molar-refractivity contribution < 1.29 is 4.79 Å². The number of anilines is 1. The SMILES string of the molecule is C[C@@H](Cn1cncn1)C(=O)N1CCc2c(nc(N)[nH]c2=O)C1. The Morgan fingerprint density at radius 3 is 3.09 bits per heavy atom. The maximum Gasteiger partial charge on any atom is 0.255 e. The molecule has 1 atom stereocenters. The Balaban J connectivity index is 1.73. The van der Waals surface area contributed by atoms with Crippen LogP contribution in [0.15, 0.2) is 17.4 Å². The number of nitrogens with one attached hydrogen (secondary N) is 1. The topological polar surface area (TPSA) is 123 Å². The van der Waals surface area contributed by atoms with E-state index >= 15 is 0 Å². The monoisotopic (exact) mass is 303 g/mol. The van der Waals surface area contributed by atoms with Gasteiger partial charge in [-0.25, -0.2) is 9.97 Å². The van der Waals surface area contributed by atoms with Crippen LogP contribution < -0.4 is 11.3 Å². The minimum atomic E-state index is -0.234. The zero-order chi connectivity index (χ0) is 15.7. The first kappa shape index (κ1) is 14.2. The summed E-state index contributed by atoms with van der Waals surface area (Å²) in [6, 6.07) is 0. The van der Waals surface area contributed by atoms with Crippen molar-refractivity contribution in [2.24, 2.45) is 5.92 Å².